The van der Waals surface area contributed by atoms with Gasteiger partial charge in [0.25, 0.3) is 0 Å². The number of carbonyl (C=O) groups excluding carboxylic acids is 1. The molecule has 0 saturated heterocycles. The third kappa shape index (κ3) is 3.62. The van der Waals surface area contributed by atoms with Gasteiger partial charge >= 0.3 is 0 Å². The van der Waals surface area contributed by atoms with Crippen molar-refractivity contribution in [2.75, 3.05) is 0 Å². The van der Waals surface area contributed by atoms with Crippen molar-refractivity contribution in [3.8, 4) is 11.8 Å². The molecule has 0 spiro atoms. The molecule has 4 aromatic rings. The Bertz CT molecular complexity index is 1190. The summed E-state index contributed by atoms with van der Waals surface area (Å²) in [6, 6.07) is 24.9. The molecule has 0 unspecified atom stereocenters. The van der Waals surface area contributed by atoms with Gasteiger partial charge in [0, 0.05) is 26.3 Å². The summed E-state index contributed by atoms with van der Waals surface area (Å²) in [5, 5.41) is 0.937. The molecule has 0 aliphatic heterocycles. The van der Waals surface area contributed by atoms with Gasteiger partial charge in [-0.25, -0.2) is 0 Å². The summed E-state index contributed by atoms with van der Waals surface area (Å²) in [7, 11) is 0. The SMILES string of the molecule is O=C(c1ccccc1)c1c(C#Cc2ccccc2)c(I)cc2cccnc12. The predicted octanol–water partition coefficient (Wildman–Crippen LogP) is 5.47. The van der Waals surface area contributed by atoms with Crippen LogP contribution in [0.3, 0.4) is 0 Å². The number of hydrogen-bond acceptors (Lipinski definition) is 2. The normalized spacial score (nSPS) is 10.3. The second-order valence-electron chi connectivity index (χ2n) is 5.99. The van der Waals surface area contributed by atoms with Crippen molar-refractivity contribution in [1.29, 1.82) is 0 Å². The maximum atomic E-state index is 13.3. The molecule has 2 nitrogen and oxygen atoms in total. The van der Waals surface area contributed by atoms with E-state index in [1.165, 1.54) is 0 Å². The lowest BCUT2D eigenvalue weighted by Crippen LogP contribution is -2.07. The molecule has 1 aromatic heterocycles. The number of carbonyl (C=O) groups is 1. The van der Waals surface area contributed by atoms with E-state index in [4.69, 9.17) is 0 Å². The van der Waals surface area contributed by atoms with Crippen molar-refractivity contribution < 1.29 is 4.79 Å². The van der Waals surface area contributed by atoms with E-state index in [1.54, 1.807) is 6.20 Å². The fourth-order valence-electron chi connectivity index (χ4n) is 2.92. The van der Waals surface area contributed by atoms with Gasteiger partial charge in [0.15, 0.2) is 5.78 Å². The molecule has 1 heterocycles. The zero-order chi connectivity index (χ0) is 18.6. The van der Waals surface area contributed by atoms with E-state index in [9.17, 15) is 4.79 Å². The van der Waals surface area contributed by atoms with Gasteiger partial charge in [-0.15, -0.1) is 0 Å². The number of benzene rings is 3. The highest BCUT2D eigenvalue weighted by atomic mass is 127. The highest BCUT2D eigenvalue weighted by Gasteiger charge is 2.20. The van der Waals surface area contributed by atoms with Gasteiger partial charge in [-0.3, -0.25) is 9.78 Å². The van der Waals surface area contributed by atoms with E-state index < -0.39 is 0 Å². The summed E-state index contributed by atoms with van der Waals surface area (Å²) >= 11 is 2.25. The number of rotatable bonds is 2. The Labute approximate surface area is 171 Å². The first-order valence-corrected chi connectivity index (χ1v) is 9.56. The van der Waals surface area contributed by atoms with E-state index in [0.717, 1.165) is 20.1 Å². The lowest BCUT2D eigenvalue weighted by Gasteiger charge is -2.10. The molecule has 0 N–H and O–H groups in total. The number of nitrogens with zero attached hydrogens (tertiary/aromatic N) is 1. The van der Waals surface area contributed by atoms with E-state index in [2.05, 4.69) is 39.4 Å². The highest BCUT2D eigenvalue weighted by Crippen LogP contribution is 2.27. The molecule has 0 aliphatic rings. The Balaban J connectivity index is 1.97. The van der Waals surface area contributed by atoms with Crippen LogP contribution >= 0.6 is 22.6 Å². The second-order valence-corrected chi connectivity index (χ2v) is 7.16. The number of ketones is 1. The van der Waals surface area contributed by atoms with Gasteiger partial charge < -0.3 is 0 Å². The van der Waals surface area contributed by atoms with Crippen LogP contribution in [0.4, 0.5) is 0 Å². The van der Waals surface area contributed by atoms with Gasteiger partial charge in [-0.1, -0.05) is 66.4 Å². The highest BCUT2D eigenvalue weighted by molar-refractivity contribution is 14.1. The molecule has 128 valence electrons. The maximum Gasteiger partial charge on any atom is 0.196 e. The van der Waals surface area contributed by atoms with Gasteiger partial charge in [0.1, 0.15) is 0 Å². The van der Waals surface area contributed by atoms with Crippen LogP contribution in [0.1, 0.15) is 27.0 Å². The molecule has 0 radical (unpaired) electrons. The molecule has 0 bridgehead atoms. The molecule has 3 heteroatoms. The minimum atomic E-state index is -0.0600. The van der Waals surface area contributed by atoms with Crippen LogP contribution in [-0.2, 0) is 0 Å². The standard InChI is InChI=1S/C24H14INO/c25-21-16-19-12-7-15-26-23(19)22(24(27)18-10-5-2-6-11-18)20(21)14-13-17-8-3-1-4-9-17/h1-12,15-16H. The second kappa shape index (κ2) is 7.73. The van der Waals surface area contributed by atoms with Crippen LogP contribution < -0.4 is 0 Å². The summed E-state index contributed by atoms with van der Waals surface area (Å²) in [4.78, 5) is 17.8. The lowest BCUT2D eigenvalue weighted by atomic mass is 9.95. The summed E-state index contributed by atoms with van der Waals surface area (Å²) in [6.45, 7) is 0. The lowest BCUT2D eigenvalue weighted by molar-refractivity contribution is 0.104. The minimum Gasteiger partial charge on any atom is -0.288 e. The predicted molar refractivity (Wildman–Crippen MR) is 117 cm³/mol. The quantitative estimate of drug-likeness (QED) is 0.226. The van der Waals surface area contributed by atoms with E-state index in [-0.39, 0.29) is 5.78 Å². The third-order valence-corrected chi connectivity index (χ3v) is 5.07. The summed E-state index contributed by atoms with van der Waals surface area (Å²) in [6.07, 6.45) is 1.71. The molecular weight excluding hydrogens is 445 g/mol. The van der Waals surface area contributed by atoms with Crippen LogP contribution in [0.25, 0.3) is 10.9 Å². The first kappa shape index (κ1) is 17.4. The Morgan fingerprint density at radius 3 is 2.30 bits per heavy atom. The topological polar surface area (TPSA) is 30.0 Å². The molecule has 0 amide bonds. The minimum absolute atomic E-state index is 0.0600. The Morgan fingerprint density at radius 2 is 1.56 bits per heavy atom. The van der Waals surface area contributed by atoms with Crippen molar-refractivity contribution in [1.82, 2.24) is 4.98 Å². The van der Waals surface area contributed by atoms with Gasteiger partial charge in [-0.05, 0) is 46.9 Å². The first-order valence-electron chi connectivity index (χ1n) is 8.48. The van der Waals surface area contributed by atoms with Crippen LogP contribution in [-0.4, -0.2) is 10.8 Å². The molecule has 3 aromatic carbocycles. The van der Waals surface area contributed by atoms with Gasteiger partial charge in [-0.2, -0.15) is 0 Å². The molecule has 0 fully saturated rings. The Hall–Kier alpha value is -2.97. The van der Waals surface area contributed by atoms with Crippen LogP contribution in [0.5, 0.6) is 0 Å². The number of aromatic nitrogens is 1. The monoisotopic (exact) mass is 459 g/mol. The number of pyridine rings is 1. The molecule has 4 rings (SSSR count). The smallest absolute Gasteiger partial charge is 0.196 e. The van der Waals surface area contributed by atoms with Crippen molar-refractivity contribution in [3.05, 3.63) is 111 Å². The van der Waals surface area contributed by atoms with Crippen molar-refractivity contribution in [3.63, 3.8) is 0 Å². The van der Waals surface area contributed by atoms with Gasteiger partial charge in [0.2, 0.25) is 0 Å². The third-order valence-electron chi connectivity index (χ3n) is 4.22. The fourth-order valence-corrected chi connectivity index (χ4v) is 3.66. The van der Waals surface area contributed by atoms with E-state index in [1.807, 2.05) is 78.9 Å². The van der Waals surface area contributed by atoms with Crippen molar-refractivity contribution >= 4 is 39.3 Å². The number of fused-ring (bicyclic) bond motifs is 1. The number of halogens is 1. The first-order chi connectivity index (χ1) is 13.2. The van der Waals surface area contributed by atoms with Crippen LogP contribution in [0, 0.1) is 15.4 Å². The summed E-state index contributed by atoms with van der Waals surface area (Å²) in [5.74, 6) is 6.34. The summed E-state index contributed by atoms with van der Waals surface area (Å²) < 4.78 is 0.941. The molecule has 0 atom stereocenters. The van der Waals surface area contributed by atoms with Crippen molar-refractivity contribution in [2.24, 2.45) is 0 Å². The average molecular weight is 459 g/mol. The number of hydrogen-bond donors (Lipinski definition) is 0. The largest absolute Gasteiger partial charge is 0.288 e. The van der Waals surface area contributed by atoms with Crippen LogP contribution in [0.15, 0.2) is 85.1 Å². The summed E-state index contributed by atoms with van der Waals surface area (Å²) in [5.41, 5.74) is 3.51. The van der Waals surface area contributed by atoms with Gasteiger partial charge in [0.05, 0.1) is 16.6 Å². The van der Waals surface area contributed by atoms with Crippen molar-refractivity contribution in [2.45, 2.75) is 0 Å². The molecule has 27 heavy (non-hydrogen) atoms. The zero-order valence-electron chi connectivity index (χ0n) is 14.3. The Morgan fingerprint density at radius 1 is 0.852 bits per heavy atom. The van der Waals surface area contributed by atoms with E-state index in [0.29, 0.717) is 16.6 Å². The molecule has 0 aliphatic carbocycles. The maximum absolute atomic E-state index is 13.3. The average Bonchev–Trinajstić information content (AvgIpc) is 2.73. The van der Waals surface area contributed by atoms with E-state index >= 15 is 0 Å². The Kier molecular flexibility index (Phi) is 4.99. The van der Waals surface area contributed by atoms with Crippen LogP contribution in [0.2, 0.25) is 0 Å². The fraction of sp³-hybridized carbons (Fsp3) is 0. The molecule has 0 saturated carbocycles. The zero-order valence-corrected chi connectivity index (χ0v) is 16.5. The molecular formula is C24H14INO.